The quantitative estimate of drug-likeness (QED) is 0.749. The van der Waals surface area contributed by atoms with Crippen LogP contribution in [-0.4, -0.2) is 32.7 Å². The molecule has 0 aliphatic carbocycles. The third-order valence-electron chi connectivity index (χ3n) is 3.57. The smallest absolute Gasteiger partial charge is 0.310 e. The number of aryl methyl sites for hydroxylation is 1. The topological polar surface area (TPSA) is 73.9 Å². The number of esters is 1. The van der Waals surface area contributed by atoms with E-state index in [0.29, 0.717) is 27.8 Å². The molecule has 0 saturated carbocycles. The van der Waals surface area contributed by atoms with Crippen molar-refractivity contribution < 1.29 is 23.8 Å². The molecule has 7 heteroatoms. The second-order valence-electron chi connectivity index (χ2n) is 5.55. The van der Waals surface area contributed by atoms with E-state index in [1.807, 2.05) is 19.1 Å². The minimum absolute atomic E-state index is 0.0203. The van der Waals surface area contributed by atoms with E-state index in [2.05, 4.69) is 5.32 Å². The molecule has 0 unspecified atom stereocenters. The van der Waals surface area contributed by atoms with E-state index >= 15 is 0 Å². The van der Waals surface area contributed by atoms with Crippen molar-refractivity contribution in [3.8, 4) is 11.5 Å². The Balaban J connectivity index is 1.88. The number of methoxy groups -OCH3 is 2. The number of anilines is 1. The summed E-state index contributed by atoms with van der Waals surface area (Å²) in [6.07, 6.45) is 0.0203. The number of rotatable bonds is 7. The molecule has 138 valence electrons. The van der Waals surface area contributed by atoms with Gasteiger partial charge >= 0.3 is 5.97 Å². The first-order valence-electron chi connectivity index (χ1n) is 7.85. The maximum atomic E-state index is 12.0. The van der Waals surface area contributed by atoms with Crippen LogP contribution in [0, 0.1) is 6.92 Å². The molecule has 0 aliphatic heterocycles. The van der Waals surface area contributed by atoms with Crippen molar-refractivity contribution in [1.29, 1.82) is 0 Å². The third kappa shape index (κ3) is 5.39. The first kappa shape index (κ1) is 19.6. The van der Waals surface area contributed by atoms with Crippen LogP contribution in [0.15, 0.2) is 36.4 Å². The van der Waals surface area contributed by atoms with Gasteiger partial charge in [0.15, 0.2) is 6.61 Å². The first-order valence-corrected chi connectivity index (χ1v) is 8.23. The van der Waals surface area contributed by atoms with Gasteiger partial charge in [-0.1, -0.05) is 29.3 Å². The van der Waals surface area contributed by atoms with Crippen LogP contribution in [0.5, 0.6) is 11.5 Å². The molecular weight excluding hydrogens is 358 g/mol. The van der Waals surface area contributed by atoms with Gasteiger partial charge in [-0.15, -0.1) is 0 Å². The minimum atomic E-state index is -0.517. The average molecular weight is 378 g/mol. The fourth-order valence-corrected chi connectivity index (χ4v) is 2.60. The molecule has 0 heterocycles. The maximum absolute atomic E-state index is 12.0. The van der Waals surface area contributed by atoms with Crippen LogP contribution in [0.1, 0.15) is 11.1 Å². The van der Waals surface area contributed by atoms with Crippen LogP contribution >= 0.6 is 11.6 Å². The van der Waals surface area contributed by atoms with Gasteiger partial charge in [-0.3, -0.25) is 9.59 Å². The van der Waals surface area contributed by atoms with E-state index in [9.17, 15) is 9.59 Å². The molecule has 0 saturated heterocycles. The van der Waals surface area contributed by atoms with Crippen molar-refractivity contribution in [2.24, 2.45) is 0 Å². The zero-order valence-corrected chi connectivity index (χ0v) is 15.6. The lowest BCUT2D eigenvalue weighted by Gasteiger charge is -2.10. The number of ether oxygens (including phenoxy) is 3. The Morgan fingerprint density at radius 3 is 2.38 bits per heavy atom. The van der Waals surface area contributed by atoms with Gasteiger partial charge < -0.3 is 19.5 Å². The van der Waals surface area contributed by atoms with Gasteiger partial charge in [0.2, 0.25) is 0 Å². The second kappa shape index (κ2) is 9.10. The molecule has 0 fully saturated rings. The number of carbonyl (C=O) groups is 2. The summed E-state index contributed by atoms with van der Waals surface area (Å²) in [5.41, 5.74) is 2.19. The molecule has 6 nitrogen and oxygen atoms in total. The minimum Gasteiger partial charge on any atom is -0.496 e. The molecule has 2 rings (SSSR count). The number of carbonyl (C=O) groups excluding carboxylic acids is 2. The Kier molecular flexibility index (Phi) is 6.86. The monoisotopic (exact) mass is 377 g/mol. The van der Waals surface area contributed by atoms with Gasteiger partial charge in [-0.25, -0.2) is 0 Å². The summed E-state index contributed by atoms with van der Waals surface area (Å²) in [6.45, 7) is 1.53. The molecule has 0 bridgehead atoms. The van der Waals surface area contributed by atoms with Crippen molar-refractivity contribution in [3.63, 3.8) is 0 Å². The third-order valence-corrected chi connectivity index (χ3v) is 3.87. The predicted molar refractivity (Wildman–Crippen MR) is 99.0 cm³/mol. The summed E-state index contributed by atoms with van der Waals surface area (Å²) in [4.78, 5) is 23.9. The maximum Gasteiger partial charge on any atom is 0.310 e. The largest absolute Gasteiger partial charge is 0.496 e. The molecule has 2 aromatic rings. The van der Waals surface area contributed by atoms with E-state index in [-0.39, 0.29) is 6.42 Å². The van der Waals surface area contributed by atoms with Crippen molar-refractivity contribution in [2.45, 2.75) is 13.3 Å². The van der Waals surface area contributed by atoms with Gasteiger partial charge in [-0.2, -0.15) is 0 Å². The van der Waals surface area contributed by atoms with Gasteiger partial charge in [0.1, 0.15) is 11.5 Å². The highest BCUT2D eigenvalue weighted by atomic mass is 35.5. The Morgan fingerprint density at radius 2 is 1.73 bits per heavy atom. The molecule has 1 amide bonds. The number of hydrogen-bond donors (Lipinski definition) is 1. The van der Waals surface area contributed by atoms with Gasteiger partial charge in [0.25, 0.3) is 5.91 Å². The number of halogens is 1. The van der Waals surface area contributed by atoms with Gasteiger partial charge in [0, 0.05) is 11.3 Å². The molecule has 0 spiro atoms. The Labute approximate surface area is 157 Å². The highest BCUT2D eigenvalue weighted by Gasteiger charge is 2.13. The van der Waals surface area contributed by atoms with E-state index in [1.165, 1.54) is 14.2 Å². The molecule has 26 heavy (non-hydrogen) atoms. The lowest BCUT2D eigenvalue weighted by atomic mass is 10.1. The van der Waals surface area contributed by atoms with Crippen LogP contribution in [0.3, 0.4) is 0 Å². The average Bonchev–Trinajstić information content (AvgIpc) is 2.60. The van der Waals surface area contributed by atoms with Crippen LogP contribution in [0.25, 0.3) is 0 Å². The van der Waals surface area contributed by atoms with Crippen LogP contribution in [0.2, 0.25) is 5.02 Å². The van der Waals surface area contributed by atoms with Crippen molar-refractivity contribution >= 4 is 29.2 Å². The summed E-state index contributed by atoms with van der Waals surface area (Å²) in [6, 6.07) is 10.4. The molecule has 0 atom stereocenters. The summed E-state index contributed by atoms with van der Waals surface area (Å²) in [7, 11) is 3.04. The van der Waals surface area contributed by atoms with E-state index in [0.717, 1.165) is 5.56 Å². The van der Waals surface area contributed by atoms with Crippen molar-refractivity contribution in [1.82, 2.24) is 0 Å². The molecule has 0 aromatic heterocycles. The van der Waals surface area contributed by atoms with E-state index in [4.69, 9.17) is 25.8 Å². The molecule has 0 aliphatic rings. The van der Waals surface area contributed by atoms with Crippen LogP contribution < -0.4 is 14.8 Å². The van der Waals surface area contributed by atoms with Crippen molar-refractivity contribution in [2.75, 3.05) is 26.1 Å². The number of nitrogens with one attached hydrogen (secondary N) is 1. The lowest BCUT2D eigenvalue weighted by Crippen LogP contribution is -2.21. The first-order chi connectivity index (χ1) is 12.4. The SMILES string of the molecule is COc1ccc(NC(=O)COC(=O)Cc2cc(C)ccc2OC)cc1Cl. The van der Waals surface area contributed by atoms with Crippen molar-refractivity contribution in [3.05, 3.63) is 52.5 Å². The molecule has 1 N–H and O–H groups in total. The zero-order valence-electron chi connectivity index (χ0n) is 14.8. The Bertz CT molecular complexity index is 807. The van der Waals surface area contributed by atoms with E-state index in [1.54, 1.807) is 24.3 Å². The summed E-state index contributed by atoms with van der Waals surface area (Å²) in [5, 5.41) is 2.97. The summed E-state index contributed by atoms with van der Waals surface area (Å²) in [5.74, 6) is 0.126. The second-order valence-corrected chi connectivity index (χ2v) is 5.96. The van der Waals surface area contributed by atoms with E-state index < -0.39 is 18.5 Å². The van der Waals surface area contributed by atoms with Gasteiger partial charge in [-0.05, 0) is 31.2 Å². The molecule has 2 aromatic carbocycles. The standard InChI is InChI=1S/C19H20ClNO5/c1-12-4-6-16(24-2)13(8-12)9-19(23)26-11-18(22)21-14-5-7-17(25-3)15(20)10-14/h4-8,10H,9,11H2,1-3H3,(H,21,22). The zero-order chi connectivity index (χ0) is 19.1. The summed E-state index contributed by atoms with van der Waals surface area (Å²) >= 11 is 6.00. The van der Waals surface area contributed by atoms with Crippen LogP contribution in [0.4, 0.5) is 5.69 Å². The highest BCUT2D eigenvalue weighted by molar-refractivity contribution is 6.32. The van der Waals surface area contributed by atoms with Crippen LogP contribution in [-0.2, 0) is 20.7 Å². The number of amides is 1. The van der Waals surface area contributed by atoms with Gasteiger partial charge in [0.05, 0.1) is 25.7 Å². The molecular formula is C19H20ClNO5. The highest BCUT2D eigenvalue weighted by Crippen LogP contribution is 2.27. The summed E-state index contributed by atoms with van der Waals surface area (Å²) < 4.78 is 15.3. The molecule has 0 radical (unpaired) electrons. The fraction of sp³-hybridized carbons (Fsp3) is 0.263. The normalized spacial score (nSPS) is 10.2. The number of hydrogen-bond acceptors (Lipinski definition) is 5. The number of benzene rings is 2. The lowest BCUT2D eigenvalue weighted by molar-refractivity contribution is -0.146. The fourth-order valence-electron chi connectivity index (χ4n) is 2.34. The predicted octanol–water partition coefficient (Wildman–Crippen LogP) is 3.39. The Morgan fingerprint density at radius 1 is 1.04 bits per heavy atom. The Hall–Kier alpha value is -2.73.